The Bertz CT molecular complexity index is 787. The van der Waals surface area contributed by atoms with Gasteiger partial charge in [-0.15, -0.1) is 0 Å². The molecule has 1 heterocycles. The molecule has 25 heavy (non-hydrogen) atoms. The van der Waals surface area contributed by atoms with Gasteiger partial charge in [-0.05, 0) is 51.7 Å². The first-order valence-corrected chi connectivity index (χ1v) is 9.20. The van der Waals surface area contributed by atoms with Gasteiger partial charge in [0.1, 0.15) is 0 Å². The van der Waals surface area contributed by atoms with Gasteiger partial charge in [0, 0.05) is 23.1 Å². The number of para-hydroxylation sites is 1. The Morgan fingerprint density at radius 1 is 1.16 bits per heavy atom. The zero-order valence-corrected chi connectivity index (χ0v) is 15.9. The molecule has 0 saturated carbocycles. The van der Waals surface area contributed by atoms with Crippen LogP contribution in [0, 0.1) is 5.92 Å². The summed E-state index contributed by atoms with van der Waals surface area (Å²) in [5.41, 5.74) is 2.81. The van der Waals surface area contributed by atoms with Crippen LogP contribution in [0.25, 0.3) is 0 Å². The van der Waals surface area contributed by atoms with Gasteiger partial charge >= 0.3 is 0 Å². The van der Waals surface area contributed by atoms with Gasteiger partial charge in [-0.3, -0.25) is 9.59 Å². The van der Waals surface area contributed by atoms with Crippen LogP contribution < -0.4 is 10.2 Å². The Morgan fingerprint density at radius 2 is 1.84 bits per heavy atom. The lowest BCUT2D eigenvalue weighted by Crippen LogP contribution is -2.28. The molecule has 5 heteroatoms. The van der Waals surface area contributed by atoms with E-state index in [1.807, 2.05) is 48.5 Å². The van der Waals surface area contributed by atoms with Crippen LogP contribution in [0.3, 0.4) is 0 Å². The van der Waals surface area contributed by atoms with Gasteiger partial charge in [0.25, 0.3) is 0 Å². The number of nitrogens with zero attached hydrogens (tertiary/aromatic N) is 1. The van der Waals surface area contributed by atoms with Crippen molar-refractivity contribution in [2.45, 2.75) is 26.2 Å². The minimum Gasteiger partial charge on any atom is -0.325 e. The monoisotopic (exact) mass is 400 g/mol. The highest BCUT2D eigenvalue weighted by Gasteiger charge is 2.35. The molecular formula is C20H21BrN2O2. The highest BCUT2D eigenvalue weighted by atomic mass is 79.9. The van der Waals surface area contributed by atoms with Crippen LogP contribution in [0.2, 0.25) is 0 Å². The summed E-state index contributed by atoms with van der Waals surface area (Å²) < 4.78 is 0.828. The normalized spacial score (nSPS) is 17.2. The van der Waals surface area contributed by atoms with Crippen molar-refractivity contribution < 1.29 is 9.59 Å². The van der Waals surface area contributed by atoms with E-state index in [1.165, 1.54) is 5.56 Å². The second kappa shape index (κ2) is 7.40. The van der Waals surface area contributed by atoms with Crippen molar-refractivity contribution in [3.05, 3.63) is 58.6 Å². The van der Waals surface area contributed by atoms with Crippen LogP contribution in [0.1, 0.15) is 31.7 Å². The van der Waals surface area contributed by atoms with Crippen LogP contribution in [-0.4, -0.2) is 18.4 Å². The summed E-state index contributed by atoms with van der Waals surface area (Å²) in [6.07, 6.45) is 0.238. The van der Waals surface area contributed by atoms with E-state index in [-0.39, 0.29) is 24.2 Å². The largest absolute Gasteiger partial charge is 0.325 e. The first kappa shape index (κ1) is 17.7. The van der Waals surface area contributed by atoms with Crippen LogP contribution in [0.5, 0.6) is 0 Å². The van der Waals surface area contributed by atoms with Crippen molar-refractivity contribution in [2.24, 2.45) is 5.92 Å². The molecule has 4 nitrogen and oxygen atoms in total. The number of hydrogen-bond donors (Lipinski definition) is 1. The maximum absolute atomic E-state index is 12.5. The number of benzene rings is 2. The Morgan fingerprint density at radius 3 is 2.48 bits per heavy atom. The first-order valence-electron chi connectivity index (χ1n) is 8.41. The smallest absolute Gasteiger partial charge is 0.229 e. The summed E-state index contributed by atoms with van der Waals surface area (Å²) in [6.45, 7) is 4.69. The zero-order valence-electron chi connectivity index (χ0n) is 14.3. The van der Waals surface area contributed by atoms with Gasteiger partial charge < -0.3 is 10.2 Å². The topological polar surface area (TPSA) is 49.4 Å². The minimum absolute atomic E-state index is 0.00965. The number of nitrogens with one attached hydrogen (secondary N) is 1. The number of halogens is 1. The summed E-state index contributed by atoms with van der Waals surface area (Å²) in [5, 5.41) is 2.90. The molecule has 0 spiro atoms. The van der Waals surface area contributed by atoms with E-state index in [9.17, 15) is 9.59 Å². The number of carbonyl (C=O) groups is 2. The Labute approximate surface area is 156 Å². The molecule has 3 rings (SSSR count). The quantitative estimate of drug-likeness (QED) is 0.817. The summed E-state index contributed by atoms with van der Waals surface area (Å²) in [4.78, 5) is 26.6. The van der Waals surface area contributed by atoms with Gasteiger partial charge in [-0.1, -0.05) is 38.1 Å². The van der Waals surface area contributed by atoms with Crippen LogP contribution in [0.15, 0.2) is 53.0 Å². The average Bonchev–Trinajstić information content (AvgIpc) is 2.99. The standard InChI is InChI=1S/C20H21BrN2O2/c1-13(2)14-7-9-16(10-8-14)23-12-15(11-19(23)24)20(25)22-18-6-4-3-5-17(18)21/h3-10,13,15H,11-12H2,1-2H3,(H,22,25). The summed E-state index contributed by atoms with van der Waals surface area (Å²) in [5.74, 6) is -0.0262. The van der Waals surface area contributed by atoms with Crippen molar-refractivity contribution in [2.75, 3.05) is 16.8 Å². The first-order chi connectivity index (χ1) is 12.0. The third-order valence-electron chi connectivity index (χ3n) is 4.50. The van der Waals surface area contributed by atoms with E-state index in [0.717, 1.165) is 15.8 Å². The molecule has 1 aliphatic heterocycles. The number of rotatable bonds is 4. The van der Waals surface area contributed by atoms with Gasteiger partial charge in [-0.25, -0.2) is 0 Å². The predicted octanol–water partition coefficient (Wildman–Crippen LogP) is 4.56. The van der Waals surface area contributed by atoms with Crippen LogP contribution in [-0.2, 0) is 9.59 Å². The highest BCUT2D eigenvalue weighted by Crippen LogP contribution is 2.28. The zero-order chi connectivity index (χ0) is 18.0. The van der Waals surface area contributed by atoms with E-state index in [2.05, 4.69) is 35.1 Å². The number of hydrogen-bond acceptors (Lipinski definition) is 2. The molecule has 2 aromatic rings. The van der Waals surface area contributed by atoms with Gasteiger partial charge in [-0.2, -0.15) is 0 Å². The Balaban J connectivity index is 1.69. The number of anilines is 2. The van der Waals surface area contributed by atoms with E-state index in [1.54, 1.807) is 4.90 Å². The van der Waals surface area contributed by atoms with Crippen molar-refractivity contribution in [3.8, 4) is 0 Å². The van der Waals surface area contributed by atoms with E-state index < -0.39 is 0 Å². The maximum Gasteiger partial charge on any atom is 0.229 e. The van der Waals surface area contributed by atoms with Crippen molar-refractivity contribution >= 4 is 39.1 Å². The molecule has 0 bridgehead atoms. The van der Waals surface area contributed by atoms with Crippen molar-refractivity contribution in [1.82, 2.24) is 0 Å². The molecule has 2 amide bonds. The van der Waals surface area contributed by atoms with Crippen molar-refractivity contribution in [3.63, 3.8) is 0 Å². The molecule has 1 fully saturated rings. The average molecular weight is 401 g/mol. The lowest BCUT2D eigenvalue weighted by Gasteiger charge is -2.18. The lowest BCUT2D eigenvalue weighted by atomic mass is 10.0. The van der Waals surface area contributed by atoms with Crippen LogP contribution in [0.4, 0.5) is 11.4 Å². The number of carbonyl (C=O) groups excluding carboxylic acids is 2. The third-order valence-corrected chi connectivity index (χ3v) is 5.19. The fourth-order valence-electron chi connectivity index (χ4n) is 2.97. The highest BCUT2D eigenvalue weighted by molar-refractivity contribution is 9.10. The second-order valence-corrected chi connectivity index (χ2v) is 7.48. The van der Waals surface area contributed by atoms with Gasteiger partial charge in [0.05, 0.1) is 11.6 Å². The fraction of sp³-hybridized carbons (Fsp3) is 0.300. The SMILES string of the molecule is CC(C)c1ccc(N2CC(C(=O)Nc3ccccc3Br)CC2=O)cc1. The third kappa shape index (κ3) is 3.93. The second-order valence-electron chi connectivity index (χ2n) is 6.62. The van der Waals surface area contributed by atoms with E-state index in [4.69, 9.17) is 0 Å². The molecule has 2 aromatic carbocycles. The summed E-state index contributed by atoms with van der Waals surface area (Å²) in [7, 11) is 0. The van der Waals surface area contributed by atoms with E-state index in [0.29, 0.717) is 12.5 Å². The molecule has 1 aliphatic rings. The fourth-order valence-corrected chi connectivity index (χ4v) is 3.35. The summed E-state index contributed by atoms with van der Waals surface area (Å²) in [6, 6.07) is 15.5. The minimum atomic E-state index is -0.343. The predicted molar refractivity (Wildman–Crippen MR) is 104 cm³/mol. The Hall–Kier alpha value is -2.14. The van der Waals surface area contributed by atoms with Gasteiger partial charge in [0.15, 0.2) is 0 Å². The molecule has 0 aromatic heterocycles. The molecule has 0 radical (unpaired) electrons. The van der Waals surface area contributed by atoms with Crippen molar-refractivity contribution in [1.29, 1.82) is 0 Å². The molecule has 1 N–H and O–H groups in total. The molecule has 0 aliphatic carbocycles. The van der Waals surface area contributed by atoms with E-state index >= 15 is 0 Å². The summed E-state index contributed by atoms with van der Waals surface area (Å²) >= 11 is 3.42. The van der Waals surface area contributed by atoms with Crippen LogP contribution >= 0.6 is 15.9 Å². The molecule has 1 unspecified atom stereocenters. The Kier molecular flexibility index (Phi) is 5.23. The molecule has 1 saturated heterocycles. The van der Waals surface area contributed by atoms with Gasteiger partial charge in [0.2, 0.25) is 11.8 Å². The molecule has 1 atom stereocenters. The maximum atomic E-state index is 12.5. The lowest BCUT2D eigenvalue weighted by molar-refractivity contribution is -0.122. The molecular weight excluding hydrogens is 380 g/mol. The number of amides is 2. The molecule has 130 valence electrons.